The Morgan fingerprint density at radius 3 is 2.52 bits per heavy atom. The number of benzene rings is 2. The number of nitrogens with one attached hydrogen (secondary N) is 1. The fourth-order valence-corrected chi connectivity index (χ4v) is 2.44. The molecule has 0 fully saturated rings. The average molecular weight is 346 g/mol. The Morgan fingerprint density at radius 1 is 1.14 bits per heavy atom. The third-order valence-corrected chi connectivity index (χ3v) is 3.92. The molecule has 0 aliphatic heterocycles. The number of halogens is 3. The molecule has 2 aromatic rings. The predicted molar refractivity (Wildman–Crippen MR) is 86.6 cm³/mol. The summed E-state index contributed by atoms with van der Waals surface area (Å²) >= 11 is 17.9. The largest absolute Gasteiger partial charge is 0.379 e. The van der Waals surface area contributed by atoms with Gasteiger partial charge >= 0.3 is 0 Å². The van der Waals surface area contributed by atoms with Gasteiger partial charge in [0.25, 0.3) is 5.69 Å². The number of anilines is 1. The number of nitro groups is 1. The van der Waals surface area contributed by atoms with Gasteiger partial charge in [-0.25, -0.2) is 0 Å². The molecule has 1 N–H and O–H groups in total. The van der Waals surface area contributed by atoms with E-state index in [1.165, 1.54) is 6.07 Å². The molecule has 0 saturated heterocycles. The quantitative estimate of drug-likeness (QED) is 0.590. The van der Waals surface area contributed by atoms with Crippen molar-refractivity contribution in [3.05, 3.63) is 66.6 Å². The van der Waals surface area contributed by atoms with Crippen LogP contribution in [0.5, 0.6) is 0 Å². The maximum absolute atomic E-state index is 11.0. The number of hydrogen-bond acceptors (Lipinski definition) is 3. The molecule has 0 saturated carbocycles. The second-order valence-corrected chi connectivity index (χ2v) is 5.72. The molecule has 0 radical (unpaired) electrons. The van der Waals surface area contributed by atoms with Crippen molar-refractivity contribution in [2.24, 2.45) is 0 Å². The van der Waals surface area contributed by atoms with E-state index >= 15 is 0 Å². The lowest BCUT2D eigenvalue weighted by Gasteiger charge is -2.11. The minimum absolute atomic E-state index is 0.0377. The summed E-state index contributed by atoms with van der Waals surface area (Å²) < 4.78 is 0. The minimum atomic E-state index is -0.466. The normalized spacial score (nSPS) is 10.5. The van der Waals surface area contributed by atoms with Gasteiger partial charge in [0.15, 0.2) is 0 Å². The van der Waals surface area contributed by atoms with E-state index in [0.29, 0.717) is 26.3 Å². The van der Waals surface area contributed by atoms with E-state index in [-0.39, 0.29) is 12.2 Å². The van der Waals surface area contributed by atoms with Crippen LogP contribution in [0.1, 0.15) is 11.1 Å². The second-order valence-electron chi connectivity index (χ2n) is 4.46. The molecular formula is C14H11Cl3N2O2. The van der Waals surface area contributed by atoms with E-state index in [1.54, 1.807) is 24.3 Å². The topological polar surface area (TPSA) is 55.2 Å². The smallest absolute Gasteiger partial charge is 0.275 e. The maximum atomic E-state index is 11.0. The molecule has 2 rings (SSSR count). The van der Waals surface area contributed by atoms with Crippen LogP contribution in [0.25, 0.3) is 0 Å². The number of rotatable bonds is 4. The maximum Gasteiger partial charge on any atom is 0.275 e. The zero-order valence-corrected chi connectivity index (χ0v) is 13.3. The number of nitrogens with zero attached hydrogens (tertiary/aromatic N) is 1. The van der Waals surface area contributed by atoms with Crippen molar-refractivity contribution >= 4 is 46.2 Å². The molecule has 0 atom stereocenters. The Balaban J connectivity index is 2.25. The Labute approximate surface area is 136 Å². The monoisotopic (exact) mass is 344 g/mol. The molecule has 0 aliphatic rings. The van der Waals surface area contributed by atoms with E-state index in [9.17, 15) is 10.1 Å². The van der Waals surface area contributed by atoms with Crippen molar-refractivity contribution in [2.45, 2.75) is 13.5 Å². The first-order chi connectivity index (χ1) is 9.88. The van der Waals surface area contributed by atoms with Crippen LogP contribution in [0.15, 0.2) is 30.3 Å². The molecule has 2 aromatic carbocycles. The lowest BCUT2D eigenvalue weighted by Crippen LogP contribution is -2.03. The molecule has 110 valence electrons. The highest BCUT2D eigenvalue weighted by Crippen LogP contribution is 2.30. The van der Waals surface area contributed by atoms with Gasteiger partial charge in [0.1, 0.15) is 0 Å². The number of hydrogen-bond donors (Lipinski definition) is 1. The molecule has 0 bridgehead atoms. The summed E-state index contributed by atoms with van der Waals surface area (Å²) in [6, 6.07) is 7.97. The predicted octanol–water partition coefficient (Wildman–Crippen LogP) is 5.48. The number of nitro benzene ring substituents is 1. The van der Waals surface area contributed by atoms with Crippen LogP contribution in [0.3, 0.4) is 0 Å². The third-order valence-electron chi connectivity index (χ3n) is 2.96. The summed E-state index contributed by atoms with van der Waals surface area (Å²) in [5.41, 5.74) is 1.96. The van der Waals surface area contributed by atoms with Gasteiger partial charge in [-0.3, -0.25) is 10.1 Å². The zero-order valence-electron chi connectivity index (χ0n) is 11.0. The minimum Gasteiger partial charge on any atom is -0.379 e. The summed E-state index contributed by atoms with van der Waals surface area (Å²) in [5, 5.41) is 15.5. The van der Waals surface area contributed by atoms with Crippen LogP contribution in [0.2, 0.25) is 15.1 Å². The highest BCUT2D eigenvalue weighted by Gasteiger charge is 2.14. The number of aryl methyl sites for hydroxylation is 1. The van der Waals surface area contributed by atoms with Crippen LogP contribution < -0.4 is 5.32 Å². The van der Waals surface area contributed by atoms with Gasteiger partial charge in [-0.1, -0.05) is 34.8 Å². The molecule has 21 heavy (non-hydrogen) atoms. The second kappa shape index (κ2) is 6.52. The molecule has 0 unspecified atom stereocenters. The van der Waals surface area contributed by atoms with Crippen LogP contribution in [-0.4, -0.2) is 4.92 Å². The van der Waals surface area contributed by atoms with Crippen molar-refractivity contribution in [3.63, 3.8) is 0 Å². The Hall–Kier alpha value is -1.49. The third kappa shape index (κ3) is 3.79. The summed E-state index contributed by atoms with van der Waals surface area (Å²) in [5.74, 6) is 0. The average Bonchev–Trinajstić information content (AvgIpc) is 2.42. The summed E-state index contributed by atoms with van der Waals surface area (Å²) in [6.45, 7) is 2.09. The Morgan fingerprint density at radius 2 is 1.86 bits per heavy atom. The molecule has 7 heteroatoms. The zero-order chi connectivity index (χ0) is 15.6. The van der Waals surface area contributed by atoms with Gasteiger partial charge in [0.2, 0.25) is 0 Å². The van der Waals surface area contributed by atoms with E-state index in [2.05, 4.69) is 5.32 Å². The van der Waals surface area contributed by atoms with E-state index in [1.807, 2.05) is 6.92 Å². The van der Waals surface area contributed by atoms with Crippen LogP contribution in [0, 0.1) is 17.0 Å². The Bertz CT molecular complexity index is 705. The van der Waals surface area contributed by atoms with Crippen LogP contribution >= 0.6 is 34.8 Å². The van der Waals surface area contributed by atoms with Crippen LogP contribution in [0.4, 0.5) is 11.4 Å². The summed E-state index contributed by atoms with van der Waals surface area (Å²) in [6.07, 6.45) is 0. The lowest BCUT2D eigenvalue weighted by atomic mass is 10.1. The molecular weight excluding hydrogens is 335 g/mol. The van der Waals surface area contributed by atoms with Gasteiger partial charge in [0.05, 0.1) is 15.6 Å². The van der Waals surface area contributed by atoms with Crippen molar-refractivity contribution in [3.8, 4) is 0 Å². The lowest BCUT2D eigenvalue weighted by molar-refractivity contribution is -0.385. The summed E-state index contributed by atoms with van der Waals surface area (Å²) in [4.78, 5) is 10.6. The van der Waals surface area contributed by atoms with E-state index < -0.39 is 4.92 Å². The van der Waals surface area contributed by atoms with Crippen LogP contribution in [-0.2, 0) is 6.54 Å². The molecule has 0 aliphatic carbocycles. The summed E-state index contributed by atoms with van der Waals surface area (Å²) in [7, 11) is 0. The van der Waals surface area contributed by atoms with Gasteiger partial charge in [-0.2, -0.15) is 0 Å². The Kier molecular flexibility index (Phi) is 4.93. The van der Waals surface area contributed by atoms with Crippen molar-refractivity contribution in [1.29, 1.82) is 0 Å². The molecule has 0 aromatic heterocycles. The molecule has 0 spiro atoms. The first-order valence-corrected chi connectivity index (χ1v) is 7.14. The van der Waals surface area contributed by atoms with Gasteiger partial charge in [-0.05, 0) is 36.8 Å². The van der Waals surface area contributed by atoms with Gasteiger partial charge in [-0.15, -0.1) is 0 Å². The van der Waals surface area contributed by atoms with E-state index in [0.717, 1.165) is 5.56 Å². The van der Waals surface area contributed by atoms with E-state index in [4.69, 9.17) is 34.8 Å². The van der Waals surface area contributed by atoms with Crippen molar-refractivity contribution in [1.82, 2.24) is 0 Å². The highest BCUT2D eigenvalue weighted by molar-refractivity contribution is 6.35. The van der Waals surface area contributed by atoms with Crippen molar-refractivity contribution in [2.75, 3.05) is 5.32 Å². The SMILES string of the molecule is Cc1cc(Cl)c(NCc2ccc(Cl)cc2[N+](=O)[O-])cc1Cl. The molecule has 0 heterocycles. The first kappa shape index (κ1) is 15.9. The van der Waals surface area contributed by atoms with Gasteiger partial charge < -0.3 is 5.32 Å². The molecule has 0 amide bonds. The fourth-order valence-electron chi connectivity index (χ4n) is 1.83. The fraction of sp³-hybridized carbons (Fsp3) is 0.143. The highest BCUT2D eigenvalue weighted by atomic mass is 35.5. The van der Waals surface area contributed by atoms with Gasteiger partial charge in [0, 0.05) is 28.2 Å². The first-order valence-electron chi connectivity index (χ1n) is 6.01. The van der Waals surface area contributed by atoms with Crippen molar-refractivity contribution < 1.29 is 4.92 Å². The molecule has 4 nitrogen and oxygen atoms in total. The standard InChI is InChI=1S/C14H11Cl3N2O2/c1-8-4-12(17)13(6-11(8)16)18-7-9-2-3-10(15)5-14(9)19(20)21/h2-6,18H,7H2,1H3.